The van der Waals surface area contributed by atoms with Gasteiger partial charge in [-0.05, 0) is 36.4 Å². The Morgan fingerprint density at radius 3 is 2.14 bits per heavy atom. The molecule has 1 aromatic heterocycles. The molecule has 136 valence electrons. The predicted octanol–water partition coefficient (Wildman–Crippen LogP) is 8.36. The molecule has 0 aliphatic carbocycles. The summed E-state index contributed by atoms with van der Waals surface area (Å²) in [7, 11) is 0. The van der Waals surface area contributed by atoms with Gasteiger partial charge in [-0.1, -0.05) is 77.8 Å². The van der Waals surface area contributed by atoms with E-state index in [1.54, 1.807) is 6.07 Å². The van der Waals surface area contributed by atoms with Crippen LogP contribution < -0.4 is 4.90 Å². The summed E-state index contributed by atoms with van der Waals surface area (Å²) >= 11 is 12.9. The van der Waals surface area contributed by atoms with Crippen molar-refractivity contribution in [1.29, 1.82) is 0 Å². The number of anilines is 3. The lowest BCUT2D eigenvalue weighted by atomic mass is 10.1. The van der Waals surface area contributed by atoms with Crippen molar-refractivity contribution < 1.29 is 4.42 Å². The Hall–Kier alpha value is -2.94. The minimum absolute atomic E-state index is 0.501. The number of fused-ring (bicyclic) bond motifs is 3. The molecule has 4 aromatic carbocycles. The van der Waals surface area contributed by atoms with Crippen LogP contribution in [0.3, 0.4) is 0 Å². The molecule has 0 unspecified atom stereocenters. The maximum atomic E-state index is 6.61. The summed E-state index contributed by atoms with van der Waals surface area (Å²) in [6, 6.07) is 29.9. The molecule has 0 N–H and O–H groups in total. The summed E-state index contributed by atoms with van der Waals surface area (Å²) in [5.74, 6) is 0. The highest BCUT2D eigenvalue weighted by atomic mass is 35.5. The maximum Gasteiger partial charge on any atom is 0.159 e. The zero-order valence-electron chi connectivity index (χ0n) is 14.8. The summed E-state index contributed by atoms with van der Waals surface area (Å²) in [5.41, 5.74) is 4.34. The molecule has 5 aromatic rings. The number of para-hydroxylation sites is 3. The minimum Gasteiger partial charge on any atom is -0.454 e. The fraction of sp³-hybridized carbons (Fsp3) is 0. The third-order valence-electron chi connectivity index (χ3n) is 4.81. The molecule has 2 nitrogen and oxygen atoms in total. The lowest BCUT2D eigenvalue weighted by molar-refractivity contribution is 0.669. The Morgan fingerprint density at radius 1 is 0.607 bits per heavy atom. The van der Waals surface area contributed by atoms with Crippen LogP contribution in [-0.2, 0) is 0 Å². The Bertz CT molecular complexity index is 1290. The highest BCUT2D eigenvalue weighted by molar-refractivity contribution is 6.44. The van der Waals surface area contributed by atoms with Crippen LogP contribution in [0.1, 0.15) is 0 Å². The molecule has 28 heavy (non-hydrogen) atoms. The second-order valence-corrected chi connectivity index (χ2v) is 7.28. The van der Waals surface area contributed by atoms with Crippen LogP contribution in [0, 0.1) is 0 Å². The van der Waals surface area contributed by atoms with E-state index in [9.17, 15) is 0 Å². The first-order valence-corrected chi connectivity index (χ1v) is 9.69. The number of hydrogen-bond acceptors (Lipinski definition) is 2. The standard InChI is InChI=1S/C24H15Cl2NO/c25-19-12-7-13-20(23(19)26)27(16-8-2-1-3-9-16)21-14-6-11-18-17-10-4-5-15-22(17)28-24(18)21/h1-15H. The van der Waals surface area contributed by atoms with Crippen molar-refractivity contribution in [3.05, 3.63) is 101 Å². The maximum absolute atomic E-state index is 6.61. The van der Waals surface area contributed by atoms with Crippen LogP contribution in [0.2, 0.25) is 10.0 Å². The predicted molar refractivity (Wildman–Crippen MR) is 118 cm³/mol. The van der Waals surface area contributed by atoms with Gasteiger partial charge in [0.1, 0.15) is 5.58 Å². The molecule has 0 radical (unpaired) electrons. The van der Waals surface area contributed by atoms with Crippen LogP contribution in [0.15, 0.2) is 95.4 Å². The molecule has 0 aliphatic rings. The summed E-state index contributed by atoms with van der Waals surface area (Å²) in [6.45, 7) is 0. The van der Waals surface area contributed by atoms with E-state index in [0.29, 0.717) is 10.0 Å². The third kappa shape index (κ3) is 2.73. The molecule has 0 saturated heterocycles. The van der Waals surface area contributed by atoms with Gasteiger partial charge in [0.2, 0.25) is 0 Å². The highest BCUT2D eigenvalue weighted by Crippen LogP contribution is 2.45. The first kappa shape index (κ1) is 17.2. The average Bonchev–Trinajstić information content (AvgIpc) is 3.12. The topological polar surface area (TPSA) is 16.4 Å². The smallest absolute Gasteiger partial charge is 0.159 e. The summed E-state index contributed by atoms with van der Waals surface area (Å²) in [6.07, 6.45) is 0. The van der Waals surface area contributed by atoms with Crippen molar-refractivity contribution in [2.75, 3.05) is 4.90 Å². The van der Waals surface area contributed by atoms with Gasteiger partial charge in [0.15, 0.2) is 5.58 Å². The fourth-order valence-corrected chi connectivity index (χ4v) is 3.94. The van der Waals surface area contributed by atoms with E-state index >= 15 is 0 Å². The Morgan fingerprint density at radius 2 is 1.29 bits per heavy atom. The number of nitrogens with zero attached hydrogens (tertiary/aromatic N) is 1. The van der Waals surface area contributed by atoms with E-state index in [2.05, 4.69) is 17.0 Å². The van der Waals surface area contributed by atoms with Crippen molar-refractivity contribution >= 4 is 62.2 Å². The molecule has 0 atom stereocenters. The largest absolute Gasteiger partial charge is 0.454 e. The Kier molecular flexibility index (Phi) is 4.23. The molecule has 1 heterocycles. The monoisotopic (exact) mass is 403 g/mol. The van der Waals surface area contributed by atoms with E-state index in [1.807, 2.05) is 72.8 Å². The SMILES string of the molecule is Clc1cccc(N(c2ccccc2)c2cccc3c2oc2ccccc23)c1Cl. The van der Waals surface area contributed by atoms with Crippen molar-refractivity contribution in [1.82, 2.24) is 0 Å². The molecule has 0 fully saturated rings. The number of rotatable bonds is 3. The minimum atomic E-state index is 0.501. The van der Waals surface area contributed by atoms with E-state index in [-0.39, 0.29) is 0 Å². The van der Waals surface area contributed by atoms with E-state index in [0.717, 1.165) is 39.0 Å². The van der Waals surface area contributed by atoms with Gasteiger partial charge in [-0.2, -0.15) is 0 Å². The van der Waals surface area contributed by atoms with Gasteiger partial charge in [-0.25, -0.2) is 0 Å². The van der Waals surface area contributed by atoms with Gasteiger partial charge < -0.3 is 9.32 Å². The molecule has 0 spiro atoms. The third-order valence-corrected chi connectivity index (χ3v) is 5.62. The number of furan rings is 1. The molecular weight excluding hydrogens is 389 g/mol. The van der Waals surface area contributed by atoms with Crippen molar-refractivity contribution in [3.8, 4) is 0 Å². The Balaban J connectivity index is 1.85. The molecule has 0 aliphatic heterocycles. The first-order valence-electron chi connectivity index (χ1n) is 8.93. The zero-order valence-corrected chi connectivity index (χ0v) is 16.3. The van der Waals surface area contributed by atoms with Crippen molar-refractivity contribution in [2.45, 2.75) is 0 Å². The van der Waals surface area contributed by atoms with Crippen LogP contribution in [0.5, 0.6) is 0 Å². The second kappa shape index (κ2) is 6.90. The van der Waals surface area contributed by atoms with Gasteiger partial charge in [0, 0.05) is 16.5 Å². The number of hydrogen-bond donors (Lipinski definition) is 0. The van der Waals surface area contributed by atoms with Crippen molar-refractivity contribution in [2.24, 2.45) is 0 Å². The lowest BCUT2D eigenvalue weighted by Crippen LogP contribution is -2.10. The molecule has 0 bridgehead atoms. The average molecular weight is 404 g/mol. The molecule has 5 rings (SSSR count). The normalized spacial score (nSPS) is 11.2. The Labute approximate surface area is 172 Å². The van der Waals surface area contributed by atoms with Gasteiger partial charge in [-0.3, -0.25) is 0 Å². The quantitative estimate of drug-likeness (QED) is 0.300. The summed E-state index contributed by atoms with van der Waals surface area (Å²) in [4.78, 5) is 2.08. The van der Waals surface area contributed by atoms with Crippen LogP contribution in [0.4, 0.5) is 17.1 Å². The van der Waals surface area contributed by atoms with Crippen molar-refractivity contribution in [3.63, 3.8) is 0 Å². The molecule has 0 amide bonds. The molecule has 0 saturated carbocycles. The fourth-order valence-electron chi connectivity index (χ4n) is 3.56. The van der Waals surface area contributed by atoms with Gasteiger partial charge >= 0.3 is 0 Å². The number of benzene rings is 4. The lowest BCUT2D eigenvalue weighted by Gasteiger charge is -2.26. The van der Waals surface area contributed by atoms with Gasteiger partial charge in [0.25, 0.3) is 0 Å². The summed E-state index contributed by atoms with van der Waals surface area (Å²) in [5, 5.41) is 3.16. The first-order chi connectivity index (χ1) is 13.7. The zero-order chi connectivity index (χ0) is 19.1. The second-order valence-electron chi connectivity index (χ2n) is 6.50. The number of halogens is 2. The van der Waals surface area contributed by atoms with E-state index < -0.39 is 0 Å². The molecular formula is C24H15Cl2NO. The molecule has 4 heteroatoms. The summed E-state index contributed by atoms with van der Waals surface area (Å²) < 4.78 is 6.26. The van der Waals surface area contributed by atoms with E-state index in [4.69, 9.17) is 27.6 Å². The van der Waals surface area contributed by atoms with Crippen LogP contribution in [0.25, 0.3) is 21.9 Å². The van der Waals surface area contributed by atoms with Gasteiger partial charge in [0.05, 0.1) is 21.4 Å². The van der Waals surface area contributed by atoms with E-state index in [1.165, 1.54) is 0 Å². The highest BCUT2D eigenvalue weighted by Gasteiger charge is 2.21. The van der Waals surface area contributed by atoms with Crippen LogP contribution in [-0.4, -0.2) is 0 Å². The van der Waals surface area contributed by atoms with Crippen LogP contribution >= 0.6 is 23.2 Å². The van der Waals surface area contributed by atoms with Gasteiger partial charge in [-0.15, -0.1) is 0 Å².